The molecule has 1 saturated heterocycles. The Hall–Kier alpha value is -1.13. The zero-order valence-electron chi connectivity index (χ0n) is 10.8. The first-order chi connectivity index (χ1) is 8.86. The number of piperidine rings is 1. The number of hydrogen-bond donors (Lipinski definition) is 2. The molecule has 4 nitrogen and oxygen atoms in total. The number of carbonyl (C=O) groups is 1. The van der Waals surface area contributed by atoms with Crippen molar-refractivity contribution in [1.82, 2.24) is 10.3 Å². The maximum Gasteiger partial charge on any atom is 0.204 e. The van der Waals surface area contributed by atoms with Crippen molar-refractivity contribution in [2.45, 2.75) is 38.1 Å². The summed E-state index contributed by atoms with van der Waals surface area (Å²) in [6, 6.07) is 4.25. The fraction of sp³-hybridized carbons (Fsp3) is 0.643. The summed E-state index contributed by atoms with van der Waals surface area (Å²) in [5.74, 6) is 0.0239. The molecule has 0 amide bonds. The zero-order chi connectivity index (χ0) is 12.6. The fourth-order valence-corrected chi connectivity index (χ4v) is 2.35. The van der Waals surface area contributed by atoms with Crippen LogP contribution in [0.5, 0.6) is 0 Å². The van der Waals surface area contributed by atoms with Gasteiger partial charge in [0, 0.05) is 18.8 Å². The maximum atomic E-state index is 11.6. The molecule has 0 aromatic carbocycles. The van der Waals surface area contributed by atoms with Gasteiger partial charge in [0.2, 0.25) is 5.78 Å². The highest BCUT2D eigenvalue weighted by atomic mass is 16.5. The van der Waals surface area contributed by atoms with Crippen molar-refractivity contribution in [3.05, 3.63) is 24.0 Å². The Balaban J connectivity index is 1.52. The molecule has 100 valence electrons. The van der Waals surface area contributed by atoms with E-state index in [2.05, 4.69) is 10.3 Å². The largest absolute Gasteiger partial charge is 0.373 e. The van der Waals surface area contributed by atoms with Gasteiger partial charge in [-0.3, -0.25) is 4.79 Å². The van der Waals surface area contributed by atoms with Gasteiger partial charge in [0.15, 0.2) is 0 Å². The Bertz CT molecular complexity index is 343. The lowest BCUT2D eigenvalue weighted by molar-refractivity contribution is 0.0744. The lowest BCUT2D eigenvalue weighted by Gasteiger charge is -2.23. The first kappa shape index (κ1) is 13.3. The fourth-order valence-electron chi connectivity index (χ4n) is 2.35. The topological polar surface area (TPSA) is 54.1 Å². The predicted molar refractivity (Wildman–Crippen MR) is 70.8 cm³/mol. The molecular formula is C14H22N2O2. The number of carbonyl (C=O) groups excluding carboxylic acids is 1. The van der Waals surface area contributed by atoms with Gasteiger partial charge < -0.3 is 15.0 Å². The maximum absolute atomic E-state index is 11.6. The number of hydrogen-bond acceptors (Lipinski definition) is 3. The molecule has 1 atom stereocenters. The summed E-state index contributed by atoms with van der Waals surface area (Å²) in [6.07, 6.45) is 7.84. The normalized spacial score (nSPS) is 19.9. The molecule has 0 bridgehead atoms. The second kappa shape index (κ2) is 7.34. The summed E-state index contributed by atoms with van der Waals surface area (Å²) in [5.41, 5.74) is 0.629. The summed E-state index contributed by atoms with van der Waals surface area (Å²) in [6.45, 7) is 2.00. The van der Waals surface area contributed by atoms with E-state index in [1.54, 1.807) is 12.3 Å². The van der Waals surface area contributed by atoms with Crippen LogP contribution in [0, 0.1) is 0 Å². The Morgan fingerprint density at radius 3 is 3.11 bits per heavy atom. The van der Waals surface area contributed by atoms with E-state index in [1.807, 2.05) is 6.07 Å². The van der Waals surface area contributed by atoms with Crippen molar-refractivity contribution in [2.75, 3.05) is 19.8 Å². The average Bonchev–Trinajstić information content (AvgIpc) is 2.93. The summed E-state index contributed by atoms with van der Waals surface area (Å²) in [7, 11) is 0. The van der Waals surface area contributed by atoms with E-state index in [0.717, 1.165) is 19.4 Å². The minimum atomic E-state index is 0.0239. The Morgan fingerprint density at radius 2 is 2.39 bits per heavy atom. The number of H-pyrrole nitrogens is 1. The van der Waals surface area contributed by atoms with Gasteiger partial charge >= 0.3 is 0 Å². The number of aromatic amines is 1. The van der Waals surface area contributed by atoms with Gasteiger partial charge in [-0.15, -0.1) is 0 Å². The molecule has 0 unspecified atom stereocenters. The molecule has 2 heterocycles. The third-order valence-electron chi connectivity index (χ3n) is 3.39. The number of ketones is 1. The van der Waals surface area contributed by atoms with Crippen LogP contribution < -0.4 is 5.32 Å². The standard InChI is InChI=1S/C14H22N2O2/c17-14(13-7-3-9-16-13)11-18-10-4-6-12-5-1-2-8-15-12/h3,7,9,12,15-16H,1-2,4-6,8,10-11H2/t12-/m1/s1. The summed E-state index contributed by atoms with van der Waals surface area (Å²) in [4.78, 5) is 14.5. The summed E-state index contributed by atoms with van der Waals surface area (Å²) in [5, 5.41) is 3.51. The lowest BCUT2D eigenvalue weighted by Crippen LogP contribution is -2.34. The molecular weight excluding hydrogens is 228 g/mol. The van der Waals surface area contributed by atoms with Crippen LogP contribution in [-0.2, 0) is 4.74 Å². The highest BCUT2D eigenvalue weighted by Gasteiger charge is 2.12. The molecule has 18 heavy (non-hydrogen) atoms. The minimum Gasteiger partial charge on any atom is -0.373 e. The molecule has 4 heteroatoms. The molecule has 1 fully saturated rings. The number of nitrogens with one attached hydrogen (secondary N) is 2. The van der Waals surface area contributed by atoms with Crippen LogP contribution in [0.3, 0.4) is 0 Å². The van der Waals surface area contributed by atoms with E-state index >= 15 is 0 Å². The second-order valence-corrected chi connectivity index (χ2v) is 4.85. The molecule has 1 aliphatic heterocycles. The van der Waals surface area contributed by atoms with E-state index in [1.165, 1.54) is 19.3 Å². The van der Waals surface area contributed by atoms with Gasteiger partial charge in [-0.1, -0.05) is 6.42 Å². The highest BCUT2D eigenvalue weighted by Crippen LogP contribution is 2.11. The van der Waals surface area contributed by atoms with E-state index in [-0.39, 0.29) is 12.4 Å². The number of Topliss-reactive ketones (excluding diaryl/α,β-unsaturated/α-hetero) is 1. The molecule has 0 spiro atoms. The van der Waals surface area contributed by atoms with E-state index in [4.69, 9.17) is 4.74 Å². The number of aromatic nitrogens is 1. The molecule has 1 aliphatic rings. The molecule has 1 aromatic rings. The van der Waals surface area contributed by atoms with E-state index < -0.39 is 0 Å². The van der Waals surface area contributed by atoms with E-state index in [9.17, 15) is 4.79 Å². The van der Waals surface area contributed by atoms with Crippen LogP contribution in [-0.4, -0.2) is 36.6 Å². The summed E-state index contributed by atoms with van der Waals surface area (Å²) < 4.78 is 5.41. The first-order valence-electron chi connectivity index (χ1n) is 6.84. The third kappa shape index (κ3) is 4.27. The molecule has 1 aromatic heterocycles. The second-order valence-electron chi connectivity index (χ2n) is 4.85. The van der Waals surface area contributed by atoms with Crippen molar-refractivity contribution < 1.29 is 9.53 Å². The van der Waals surface area contributed by atoms with Crippen molar-refractivity contribution >= 4 is 5.78 Å². The lowest BCUT2D eigenvalue weighted by atomic mass is 10.0. The SMILES string of the molecule is O=C(COCCC[C@H]1CCCCN1)c1ccc[nH]1. The van der Waals surface area contributed by atoms with Gasteiger partial charge in [0.05, 0.1) is 5.69 Å². The van der Waals surface area contributed by atoms with Crippen molar-refractivity contribution in [3.63, 3.8) is 0 Å². The van der Waals surface area contributed by atoms with Crippen molar-refractivity contribution in [3.8, 4) is 0 Å². The number of rotatable bonds is 7. The zero-order valence-corrected chi connectivity index (χ0v) is 10.8. The van der Waals surface area contributed by atoms with Crippen LogP contribution in [0.1, 0.15) is 42.6 Å². The first-order valence-corrected chi connectivity index (χ1v) is 6.84. The molecule has 0 aliphatic carbocycles. The smallest absolute Gasteiger partial charge is 0.204 e. The van der Waals surface area contributed by atoms with Gasteiger partial charge in [0.25, 0.3) is 0 Å². The van der Waals surface area contributed by atoms with Crippen molar-refractivity contribution in [2.24, 2.45) is 0 Å². The minimum absolute atomic E-state index is 0.0239. The van der Waals surface area contributed by atoms with Gasteiger partial charge in [-0.2, -0.15) is 0 Å². The van der Waals surface area contributed by atoms with Gasteiger partial charge in [-0.25, -0.2) is 0 Å². The monoisotopic (exact) mass is 250 g/mol. The third-order valence-corrected chi connectivity index (χ3v) is 3.39. The van der Waals surface area contributed by atoms with Crippen LogP contribution in [0.4, 0.5) is 0 Å². The molecule has 0 radical (unpaired) electrons. The Kier molecular flexibility index (Phi) is 5.42. The predicted octanol–water partition coefficient (Wildman–Crippen LogP) is 2.14. The van der Waals surface area contributed by atoms with Crippen LogP contribution >= 0.6 is 0 Å². The van der Waals surface area contributed by atoms with Gasteiger partial charge in [0.1, 0.15) is 6.61 Å². The highest BCUT2D eigenvalue weighted by molar-refractivity contribution is 5.95. The van der Waals surface area contributed by atoms with Crippen LogP contribution in [0.15, 0.2) is 18.3 Å². The molecule has 2 rings (SSSR count). The van der Waals surface area contributed by atoms with E-state index in [0.29, 0.717) is 18.3 Å². The quantitative estimate of drug-likeness (QED) is 0.576. The number of ether oxygens (including phenoxy) is 1. The molecule has 2 N–H and O–H groups in total. The van der Waals surface area contributed by atoms with Gasteiger partial charge in [-0.05, 0) is 44.4 Å². The Labute approximate surface area is 108 Å². The van der Waals surface area contributed by atoms with Crippen molar-refractivity contribution in [1.29, 1.82) is 0 Å². The average molecular weight is 250 g/mol. The molecule has 0 saturated carbocycles. The van der Waals surface area contributed by atoms with Crippen LogP contribution in [0.2, 0.25) is 0 Å². The Morgan fingerprint density at radius 1 is 1.44 bits per heavy atom. The van der Waals surface area contributed by atoms with Crippen LogP contribution in [0.25, 0.3) is 0 Å². The summed E-state index contributed by atoms with van der Waals surface area (Å²) >= 11 is 0.